The topological polar surface area (TPSA) is 126 Å². The predicted molar refractivity (Wildman–Crippen MR) is 139 cm³/mol. The monoisotopic (exact) mass is 539 g/mol. The number of rotatable bonds is 5. The first-order chi connectivity index (χ1) is 18.2. The highest BCUT2D eigenvalue weighted by Crippen LogP contribution is 2.41. The number of aromatic nitrogens is 4. The lowest BCUT2D eigenvalue weighted by Crippen LogP contribution is -2.38. The second-order valence-electron chi connectivity index (χ2n) is 10.6. The van der Waals surface area contributed by atoms with Gasteiger partial charge in [0.15, 0.2) is 5.82 Å². The van der Waals surface area contributed by atoms with Crippen molar-refractivity contribution in [2.45, 2.75) is 38.8 Å². The number of anilines is 2. The summed E-state index contributed by atoms with van der Waals surface area (Å²) in [6.45, 7) is 4.27. The minimum Gasteiger partial charge on any atom is -0.748 e. The van der Waals surface area contributed by atoms with Crippen molar-refractivity contribution in [3.05, 3.63) is 47.4 Å². The summed E-state index contributed by atoms with van der Waals surface area (Å²) in [7, 11) is -2.56. The number of carbonyl (C=O) groups is 1. The standard InChI is InChI=1S/C26H32N6O5S/c1-17(33)30-7-5-25-23(14-30)26(28-32(25)22-6-8-37-15-22)31-12-18(16-38(34,35)36)9-20-10-19(3-4-24(20)31)21-11-27-29(2)13-21/h3-4,10-11,13,18,22H,5-9,12,14-16H2,1-2H3,(H,34,35,36)/p-1/t18?,22-/m0/s1. The van der Waals surface area contributed by atoms with Crippen LogP contribution >= 0.6 is 0 Å². The van der Waals surface area contributed by atoms with Gasteiger partial charge in [-0.1, -0.05) is 6.07 Å². The van der Waals surface area contributed by atoms with E-state index in [0.717, 1.165) is 45.9 Å². The zero-order chi connectivity index (χ0) is 26.6. The highest BCUT2D eigenvalue weighted by molar-refractivity contribution is 7.85. The quantitative estimate of drug-likeness (QED) is 0.451. The third-order valence-electron chi connectivity index (χ3n) is 7.81. The average molecular weight is 540 g/mol. The van der Waals surface area contributed by atoms with E-state index in [9.17, 15) is 17.8 Å². The number of aryl methyl sites for hydroxylation is 1. The molecule has 1 aromatic carbocycles. The Hall–Kier alpha value is -3.22. The zero-order valence-corrected chi connectivity index (χ0v) is 22.4. The molecule has 12 heteroatoms. The third kappa shape index (κ3) is 4.72. The zero-order valence-electron chi connectivity index (χ0n) is 21.5. The van der Waals surface area contributed by atoms with Crippen LogP contribution in [0.15, 0.2) is 30.6 Å². The van der Waals surface area contributed by atoms with Crippen molar-refractivity contribution in [2.75, 3.05) is 37.0 Å². The highest BCUT2D eigenvalue weighted by atomic mass is 32.2. The molecule has 1 unspecified atom stereocenters. The van der Waals surface area contributed by atoms with E-state index in [0.29, 0.717) is 45.7 Å². The van der Waals surface area contributed by atoms with Gasteiger partial charge in [0.25, 0.3) is 0 Å². The van der Waals surface area contributed by atoms with Crippen LogP contribution < -0.4 is 4.90 Å². The number of fused-ring (bicyclic) bond motifs is 2. The van der Waals surface area contributed by atoms with Gasteiger partial charge in [0, 0.05) is 74.5 Å². The highest BCUT2D eigenvalue weighted by Gasteiger charge is 2.35. The van der Waals surface area contributed by atoms with E-state index < -0.39 is 21.8 Å². The molecule has 3 aliphatic heterocycles. The van der Waals surface area contributed by atoms with Gasteiger partial charge in [-0.15, -0.1) is 0 Å². The van der Waals surface area contributed by atoms with E-state index in [4.69, 9.17) is 9.84 Å². The van der Waals surface area contributed by atoms with Gasteiger partial charge >= 0.3 is 0 Å². The van der Waals surface area contributed by atoms with Crippen molar-refractivity contribution in [3.63, 3.8) is 0 Å². The Morgan fingerprint density at radius 3 is 2.79 bits per heavy atom. The van der Waals surface area contributed by atoms with Crippen LogP contribution in [0.25, 0.3) is 11.1 Å². The number of benzene rings is 1. The number of hydrogen-bond donors (Lipinski definition) is 0. The van der Waals surface area contributed by atoms with E-state index in [1.54, 1.807) is 17.8 Å². The number of ether oxygens (including phenoxy) is 1. The van der Waals surface area contributed by atoms with Crippen molar-refractivity contribution in [3.8, 4) is 11.1 Å². The molecular weight excluding hydrogens is 508 g/mol. The fourth-order valence-corrected chi connectivity index (χ4v) is 6.83. The summed E-state index contributed by atoms with van der Waals surface area (Å²) in [6, 6.07) is 6.24. The van der Waals surface area contributed by atoms with E-state index in [2.05, 4.69) is 20.7 Å². The maximum Gasteiger partial charge on any atom is 0.219 e. The van der Waals surface area contributed by atoms with Crippen molar-refractivity contribution < 1.29 is 22.5 Å². The van der Waals surface area contributed by atoms with E-state index in [1.165, 1.54) is 0 Å². The maximum absolute atomic E-state index is 12.3. The summed E-state index contributed by atoms with van der Waals surface area (Å²) in [6.07, 6.45) is 5.75. The van der Waals surface area contributed by atoms with Crippen LogP contribution in [0.1, 0.15) is 36.2 Å². The van der Waals surface area contributed by atoms with Gasteiger partial charge in [0.2, 0.25) is 5.91 Å². The van der Waals surface area contributed by atoms with Crippen LogP contribution in [0, 0.1) is 5.92 Å². The van der Waals surface area contributed by atoms with Gasteiger partial charge in [-0.25, -0.2) is 8.42 Å². The smallest absolute Gasteiger partial charge is 0.219 e. The average Bonchev–Trinajstić information content (AvgIpc) is 3.61. The predicted octanol–water partition coefficient (Wildman–Crippen LogP) is 2.01. The van der Waals surface area contributed by atoms with Crippen molar-refractivity contribution in [1.29, 1.82) is 0 Å². The minimum atomic E-state index is -4.42. The van der Waals surface area contributed by atoms with E-state index >= 15 is 0 Å². The first kappa shape index (κ1) is 25.1. The van der Waals surface area contributed by atoms with Gasteiger partial charge in [0.1, 0.15) is 0 Å². The summed E-state index contributed by atoms with van der Waals surface area (Å²) in [5.41, 5.74) is 5.90. The maximum atomic E-state index is 12.3. The molecule has 2 aromatic heterocycles. The van der Waals surface area contributed by atoms with Crippen molar-refractivity contribution in [1.82, 2.24) is 24.5 Å². The molecule has 3 aromatic rings. The lowest BCUT2D eigenvalue weighted by atomic mass is 9.91. The second-order valence-corrected chi connectivity index (χ2v) is 12.0. The molecule has 0 saturated carbocycles. The summed E-state index contributed by atoms with van der Waals surface area (Å²) in [5.74, 6) is -0.105. The van der Waals surface area contributed by atoms with Crippen molar-refractivity contribution >= 4 is 27.5 Å². The molecule has 11 nitrogen and oxygen atoms in total. The molecule has 2 atom stereocenters. The molecule has 38 heavy (non-hydrogen) atoms. The Bertz CT molecular complexity index is 1490. The minimum absolute atomic E-state index is 0.00836. The molecule has 6 rings (SSSR count). The second kappa shape index (κ2) is 9.51. The lowest BCUT2D eigenvalue weighted by Gasteiger charge is -2.37. The lowest BCUT2D eigenvalue weighted by molar-refractivity contribution is -0.129. The molecule has 0 aliphatic carbocycles. The van der Waals surface area contributed by atoms with Gasteiger partial charge in [0.05, 0.1) is 35.5 Å². The summed E-state index contributed by atoms with van der Waals surface area (Å²) >= 11 is 0. The SMILES string of the molecule is CC(=O)N1CCc2c(c(N3CC(CS(=O)(=O)[O-])Cc4cc(-c5cnn(C)c5)ccc43)nn2[C@H]2CCOC2)C1. The molecule has 0 spiro atoms. The first-order valence-corrected chi connectivity index (χ1v) is 14.5. The van der Waals surface area contributed by atoms with E-state index in [1.807, 2.05) is 30.3 Å². The number of nitrogens with zero attached hydrogens (tertiary/aromatic N) is 6. The van der Waals surface area contributed by atoms with Gasteiger partial charge in [-0.2, -0.15) is 10.2 Å². The Kier molecular flexibility index (Phi) is 6.28. The van der Waals surface area contributed by atoms with Gasteiger partial charge in [-0.05, 0) is 42.0 Å². The van der Waals surface area contributed by atoms with Crippen LogP contribution in [-0.4, -0.2) is 75.4 Å². The van der Waals surface area contributed by atoms with Crippen LogP contribution in [-0.2, 0) is 46.1 Å². The number of carbonyl (C=O) groups excluding carboxylic acids is 1. The number of hydrogen-bond acceptors (Lipinski definition) is 8. The fourth-order valence-electron chi connectivity index (χ4n) is 6.03. The van der Waals surface area contributed by atoms with E-state index in [-0.39, 0.29) is 11.9 Å². The molecule has 1 fully saturated rings. The van der Waals surface area contributed by atoms with Gasteiger partial charge in [-0.3, -0.25) is 14.2 Å². The first-order valence-electron chi connectivity index (χ1n) is 12.9. The Labute approximate surface area is 221 Å². The molecule has 0 N–H and O–H groups in total. The largest absolute Gasteiger partial charge is 0.748 e. The Morgan fingerprint density at radius 2 is 2.11 bits per heavy atom. The molecule has 1 amide bonds. The van der Waals surface area contributed by atoms with Gasteiger partial charge < -0.3 is 19.1 Å². The summed E-state index contributed by atoms with van der Waals surface area (Å²) in [5, 5.41) is 9.36. The Morgan fingerprint density at radius 1 is 1.26 bits per heavy atom. The van der Waals surface area contributed by atoms with Crippen molar-refractivity contribution in [2.24, 2.45) is 13.0 Å². The van der Waals surface area contributed by atoms with Crippen LogP contribution in [0.3, 0.4) is 0 Å². The summed E-state index contributed by atoms with van der Waals surface area (Å²) in [4.78, 5) is 16.2. The van der Waals surface area contributed by atoms with Crippen LogP contribution in [0.4, 0.5) is 11.5 Å². The number of amides is 1. The van der Waals surface area contributed by atoms with Crippen LogP contribution in [0.2, 0.25) is 0 Å². The molecular formula is C26H31N6O5S-. The normalized spacial score (nSPS) is 21.4. The molecule has 3 aliphatic rings. The molecule has 5 heterocycles. The molecule has 0 radical (unpaired) electrons. The van der Waals surface area contributed by atoms with Crippen LogP contribution in [0.5, 0.6) is 0 Å². The summed E-state index contributed by atoms with van der Waals surface area (Å²) < 4.78 is 44.9. The molecule has 202 valence electrons. The fraction of sp³-hybridized carbons (Fsp3) is 0.500. The Balaban J connectivity index is 1.47. The third-order valence-corrected chi connectivity index (χ3v) is 8.69. The molecule has 0 bridgehead atoms. The molecule has 1 saturated heterocycles.